The van der Waals surface area contributed by atoms with Crippen LogP contribution in [-0.2, 0) is 14.4 Å². The summed E-state index contributed by atoms with van der Waals surface area (Å²) in [6.07, 6.45) is -1.43. The highest BCUT2D eigenvalue weighted by Crippen LogP contribution is 2.35. The van der Waals surface area contributed by atoms with Crippen molar-refractivity contribution in [2.75, 3.05) is 31.5 Å². The summed E-state index contributed by atoms with van der Waals surface area (Å²) in [5.41, 5.74) is 3.40. The predicted octanol–water partition coefficient (Wildman–Crippen LogP) is 2.60. The van der Waals surface area contributed by atoms with Gasteiger partial charge in [0, 0.05) is 35.6 Å². The molecule has 2 heterocycles. The van der Waals surface area contributed by atoms with Crippen molar-refractivity contribution in [3.63, 3.8) is 0 Å². The molecule has 0 radical (unpaired) electrons. The number of H-pyrrole nitrogens is 1. The van der Waals surface area contributed by atoms with Gasteiger partial charge in [0.15, 0.2) is 11.9 Å². The first kappa shape index (κ1) is 31.0. The number of carboxylic acid groups (broad SMARTS) is 2. The van der Waals surface area contributed by atoms with Gasteiger partial charge in [-0.15, -0.1) is 0 Å². The van der Waals surface area contributed by atoms with Crippen LogP contribution in [0.25, 0.3) is 11.6 Å². The number of likely N-dealkylation sites (N-methyl/N-ethyl adjacent to an activating group) is 1. The van der Waals surface area contributed by atoms with Crippen LogP contribution in [0.5, 0.6) is 5.75 Å². The number of hydrogen-bond acceptors (Lipinski definition) is 7. The Bertz CT molecular complexity index is 1250. The van der Waals surface area contributed by atoms with E-state index in [1.165, 1.54) is 18.2 Å². The molecule has 1 aromatic heterocycles. The number of carbonyl (C=O) groups excluding carboxylic acids is 2. The van der Waals surface area contributed by atoms with Gasteiger partial charge in [-0.3, -0.25) is 9.59 Å². The molecule has 12 nitrogen and oxygen atoms in total. The van der Waals surface area contributed by atoms with E-state index in [2.05, 4.69) is 34.4 Å². The molecule has 0 bridgehead atoms. The summed E-state index contributed by atoms with van der Waals surface area (Å²) >= 11 is 0. The van der Waals surface area contributed by atoms with Crippen LogP contribution in [0.15, 0.2) is 18.2 Å². The minimum Gasteiger partial charge on any atom is -0.481 e. The number of aliphatic hydroxyl groups is 1. The van der Waals surface area contributed by atoms with Crippen LogP contribution < -0.4 is 15.4 Å². The Morgan fingerprint density at radius 2 is 1.85 bits per heavy atom. The molecule has 1 aliphatic rings. The van der Waals surface area contributed by atoms with Crippen molar-refractivity contribution in [3.05, 3.63) is 46.5 Å². The lowest BCUT2D eigenvalue weighted by atomic mass is 10.0. The van der Waals surface area contributed by atoms with Crippen molar-refractivity contribution < 1.29 is 43.6 Å². The van der Waals surface area contributed by atoms with Crippen LogP contribution in [0.3, 0.4) is 0 Å². The number of carbonyl (C=O) groups is 4. The summed E-state index contributed by atoms with van der Waals surface area (Å²) in [5.74, 6) is -3.15. The van der Waals surface area contributed by atoms with E-state index in [-0.39, 0.29) is 5.91 Å². The predicted molar refractivity (Wildman–Crippen MR) is 141 cm³/mol. The van der Waals surface area contributed by atoms with E-state index in [9.17, 15) is 23.6 Å². The van der Waals surface area contributed by atoms with Gasteiger partial charge >= 0.3 is 18.0 Å². The fraction of sp³-hybridized carbons (Fsp3) is 0.385. The number of anilines is 1. The topological polar surface area (TPSA) is 181 Å². The molecule has 13 heteroatoms. The molecule has 2 amide bonds. The second-order valence-corrected chi connectivity index (χ2v) is 8.61. The van der Waals surface area contributed by atoms with Crippen LogP contribution >= 0.6 is 0 Å². The molecule has 0 saturated carbocycles. The molecule has 2 aromatic rings. The average Bonchev–Trinajstić information content (AvgIpc) is 3.31. The first-order valence-corrected chi connectivity index (χ1v) is 12.2. The Morgan fingerprint density at radius 1 is 1.18 bits per heavy atom. The summed E-state index contributed by atoms with van der Waals surface area (Å²) < 4.78 is 19.1. The number of amides is 2. The van der Waals surface area contributed by atoms with Crippen molar-refractivity contribution in [2.24, 2.45) is 0 Å². The minimum absolute atomic E-state index is 0.307. The van der Waals surface area contributed by atoms with Gasteiger partial charge in [0.05, 0.1) is 17.7 Å². The number of ether oxygens (including phenoxy) is 1. The molecule has 1 atom stereocenters. The van der Waals surface area contributed by atoms with Gasteiger partial charge in [-0.05, 0) is 51.2 Å². The smallest absolute Gasteiger partial charge is 0.412 e. The van der Waals surface area contributed by atoms with Gasteiger partial charge in [-0.1, -0.05) is 13.8 Å². The fourth-order valence-corrected chi connectivity index (χ4v) is 3.74. The maximum atomic E-state index is 13.6. The first-order chi connectivity index (χ1) is 18.4. The van der Waals surface area contributed by atoms with Gasteiger partial charge in [-0.25, -0.2) is 14.0 Å². The van der Waals surface area contributed by atoms with Gasteiger partial charge < -0.3 is 40.6 Å². The lowest BCUT2D eigenvalue weighted by Crippen LogP contribution is -2.36. The summed E-state index contributed by atoms with van der Waals surface area (Å²) in [4.78, 5) is 49.3. The van der Waals surface area contributed by atoms with Crippen LogP contribution in [0.4, 0.5) is 14.9 Å². The number of nitrogens with zero attached hydrogens (tertiary/aromatic N) is 1. The fourth-order valence-electron chi connectivity index (χ4n) is 3.74. The van der Waals surface area contributed by atoms with Gasteiger partial charge in [0.2, 0.25) is 0 Å². The molecular formula is C26H33FN4O8. The lowest BCUT2D eigenvalue weighted by Gasteiger charge is -2.17. The van der Waals surface area contributed by atoms with Gasteiger partial charge in [0.25, 0.3) is 5.91 Å². The number of hydrogen-bond donors (Lipinski definition) is 6. The van der Waals surface area contributed by atoms with Crippen molar-refractivity contribution in [1.82, 2.24) is 15.2 Å². The third-order valence-electron chi connectivity index (χ3n) is 5.90. The number of benzene rings is 1. The van der Waals surface area contributed by atoms with E-state index in [0.29, 0.717) is 46.1 Å². The number of aliphatic hydroxyl groups excluding tert-OH is 1. The Hall–Kier alpha value is -4.23. The number of aromatic nitrogens is 1. The van der Waals surface area contributed by atoms with E-state index >= 15 is 0 Å². The minimum atomic E-state index is -1.79. The number of aromatic amines is 1. The molecule has 6 N–H and O–H groups in total. The molecule has 0 fully saturated rings. The Labute approximate surface area is 224 Å². The second kappa shape index (κ2) is 14.1. The molecule has 0 aliphatic carbocycles. The number of aryl methyl sites for hydroxylation is 1. The van der Waals surface area contributed by atoms with Crippen molar-refractivity contribution >= 4 is 41.3 Å². The summed E-state index contributed by atoms with van der Waals surface area (Å²) in [6, 6.07) is 4.16. The van der Waals surface area contributed by atoms with Crippen molar-refractivity contribution in [1.29, 1.82) is 0 Å². The van der Waals surface area contributed by atoms with Crippen LogP contribution in [-0.4, -0.2) is 81.4 Å². The Morgan fingerprint density at radius 3 is 2.41 bits per heavy atom. The lowest BCUT2D eigenvalue weighted by molar-refractivity contribution is -0.152. The molecule has 1 unspecified atom stereocenters. The highest BCUT2D eigenvalue weighted by Gasteiger charge is 2.26. The zero-order chi connectivity index (χ0) is 29.3. The summed E-state index contributed by atoms with van der Waals surface area (Å²) in [5, 5.41) is 29.6. The molecule has 1 aromatic carbocycles. The highest BCUT2D eigenvalue weighted by molar-refractivity contribution is 6.34. The standard InChI is InChI=1S/C22H27FN4O3.C4H6O5/c1-5-27(6-2)10-9-24-22(29)30-20-13(3)19(25-14(20)4)12-17-16-11-15(23)7-8-18(16)26-21(17)28;5-2(4(8)9)1-3(6)7/h7-8,11-12,25H,5-6,9-10H2,1-4H3,(H,24,29)(H,26,28);2,5H,1H2,(H,6,7)(H,8,9). The van der Waals surface area contributed by atoms with Crippen LogP contribution in [0, 0.1) is 19.7 Å². The molecule has 0 saturated heterocycles. The molecular weight excluding hydrogens is 515 g/mol. The number of halogens is 1. The monoisotopic (exact) mass is 548 g/mol. The van der Waals surface area contributed by atoms with E-state index in [1.54, 1.807) is 19.9 Å². The quantitative estimate of drug-likeness (QED) is 0.243. The van der Waals surface area contributed by atoms with E-state index in [4.69, 9.17) is 20.1 Å². The maximum Gasteiger partial charge on any atom is 0.412 e. The van der Waals surface area contributed by atoms with Gasteiger partial charge in [0.1, 0.15) is 5.82 Å². The van der Waals surface area contributed by atoms with E-state index in [1.807, 2.05) is 0 Å². The van der Waals surface area contributed by atoms with Gasteiger partial charge in [-0.2, -0.15) is 0 Å². The second-order valence-electron chi connectivity index (χ2n) is 8.61. The molecule has 0 spiro atoms. The maximum absolute atomic E-state index is 13.6. The van der Waals surface area contributed by atoms with Crippen molar-refractivity contribution in [2.45, 2.75) is 40.2 Å². The first-order valence-electron chi connectivity index (χ1n) is 12.2. The number of carboxylic acids is 2. The number of nitrogens with one attached hydrogen (secondary N) is 3. The average molecular weight is 549 g/mol. The Balaban J connectivity index is 0.000000510. The van der Waals surface area contributed by atoms with Crippen LogP contribution in [0.1, 0.15) is 42.8 Å². The third kappa shape index (κ3) is 8.65. The molecule has 39 heavy (non-hydrogen) atoms. The summed E-state index contributed by atoms with van der Waals surface area (Å²) in [7, 11) is 0. The number of aliphatic carboxylic acids is 2. The van der Waals surface area contributed by atoms with Crippen LogP contribution in [0.2, 0.25) is 0 Å². The molecule has 1 aliphatic heterocycles. The largest absolute Gasteiger partial charge is 0.481 e. The zero-order valence-corrected chi connectivity index (χ0v) is 22.1. The number of fused-ring (bicyclic) bond motifs is 1. The van der Waals surface area contributed by atoms with Crippen molar-refractivity contribution in [3.8, 4) is 5.75 Å². The Kier molecular flexibility index (Phi) is 11.2. The SMILES string of the molecule is CCN(CC)CCNC(=O)Oc1c(C)[nH]c(C=C2C(=O)Nc3ccc(F)cc32)c1C.O=C(O)CC(O)C(=O)O. The summed E-state index contributed by atoms with van der Waals surface area (Å²) in [6.45, 7) is 10.8. The zero-order valence-electron chi connectivity index (χ0n) is 22.1. The number of rotatable bonds is 10. The van der Waals surface area contributed by atoms with E-state index in [0.717, 1.165) is 19.6 Å². The third-order valence-corrected chi connectivity index (χ3v) is 5.90. The highest BCUT2D eigenvalue weighted by atomic mass is 19.1. The molecule has 212 valence electrons. The van der Waals surface area contributed by atoms with E-state index < -0.39 is 36.4 Å². The normalized spacial score (nSPS) is 13.8. The molecule has 3 rings (SSSR count).